The molecule has 0 aliphatic heterocycles. The molecule has 0 unspecified atom stereocenters. The first kappa shape index (κ1) is 15.0. The summed E-state index contributed by atoms with van der Waals surface area (Å²) in [4.78, 5) is 14.9. The molecular weight excluding hydrogens is 274 g/mol. The highest BCUT2D eigenvalue weighted by atomic mass is 16.6. The van der Waals surface area contributed by atoms with Crippen LogP contribution < -0.4 is 4.74 Å². The van der Waals surface area contributed by atoms with Crippen molar-refractivity contribution in [3.63, 3.8) is 0 Å². The van der Waals surface area contributed by atoms with Crippen LogP contribution >= 0.6 is 0 Å². The van der Waals surface area contributed by atoms with Gasteiger partial charge in [-0.05, 0) is 19.1 Å². The Bertz CT molecular complexity index is 596. The number of hydrogen-bond acceptors (Lipinski definition) is 6. The number of pyridine rings is 1. The summed E-state index contributed by atoms with van der Waals surface area (Å²) < 4.78 is 11.8. The lowest BCUT2D eigenvalue weighted by Crippen LogP contribution is -2.12. The Morgan fingerprint density at radius 2 is 2.24 bits per heavy atom. The van der Waals surface area contributed by atoms with Crippen molar-refractivity contribution >= 4 is 5.97 Å². The van der Waals surface area contributed by atoms with Crippen LogP contribution in [-0.4, -0.2) is 39.1 Å². The molecule has 0 fully saturated rings. The second-order valence-electron chi connectivity index (χ2n) is 4.37. The van der Waals surface area contributed by atoms with Crippen LogP contribution in [0.1, 0.15) is 25.6 Å². The number of aromatic nitrogens is 3. The second kappa shape index (κ2) is 6.85. The van der Waals surface area contributed by atoms with Crippen molar-refractivity contribution in [2.45, 2.75) is 20.0 Å². The van der Waals surface area contributed by atoms with E-state index in [4.69, 9.17) is 9.47 Å². The SMILES string of the molecule is CC(=O)OCCOc1ccc(-n2cccn2)c([C@@H](C)O)n1. The molecule has 0 radical (unpaired) electrons. The topological polar surface area (TPSA) is 86.5 Å². The Balaban J connectivity index is 2.11. The summed E-state index contributed by atoms with van der Waals surface area (Å²) in [7, 11) is 0. The Morgan fingerprint density at radius 3 is 2.86 bits per heavy atom. The second-order valence-corrected chi connectivity index (χ2v) is 4.37. The zero-order chi connectivity index (χ0) is 15.2. The molecular formula is C14H17N3O4. The maximum absolute atomic E-state index is 10.6. The number of aliphatic hydroxyl groups excluding tert-OH is 1. The first-order valence-electron chi connectivity index (χ1n) is 6.53. The largest absolute Gasteiger partial charge is 0.474 e. The summed E-state index contributed by atoms with van der Waals surface area (Å²) >= 11 is 0. The molecule has 2 heterocycles. The molecule has 1 atom stereocenters. The smallest absolute Gasteiger partial charge is 0.302 e. The minimum absolute atomic E-state index is 0.155. The van der Waals surface area contributed by atoms with Gasteiger partial charge >= 0.3 is 5.97 Å². The summed E-state index contributed by atoms with van der Waals surface area (Å²) in [5.41, 5.74) is 1.14. The molecule has 0 aromatic carbocycles. The van der Waals surface area contributed by atoms with Crippen molar-refractivity contribution in [2.75, 3.05) is 13.2 Å². The van der Waals surface area contributed by atoms with Gasteiger partial charge in [0.25, 0.3) is 0 Å². The van der Waals surface area contributed by atoms with Gasteiger partial charge < -0.3 is 14.6 Å². The average Bonchev–Trinajstić information content (AvgIpc) is 2.97. The molecule has 0 saturated heterocycles. The fourth-order valence-electron chi connectivity index (χ4n) is 1.77. The molecule has 0 spiro atoms. The van der Waals surface area contributed by atoms with Gasteiger partial charge in [-0.3, -0.25) is 4.79 Å². The van der Waals surface area contributed by atoms with E-state index in [2.05, 4.69) is 10.1 Å². The summed E-state index contributed by atoms with van der Waals surface area (Å²) in [6, 6.07) is 5.23. The number of carbonyl (C=O) groups is 1. The van der Waals surface area contributed by atoms with E-state index in [1.54, 1.807) is 42.2 Å². The minimum atomic E-state index is -0.763. The molecule has 0 aliphatic rings. The van der Waals surface area contributed by atoms with Crippen LogP contribution in [0.25, 0.3) is 5.69 Å². The molecule has 21 heavy (non-hydrogen) atoms. The maximum atomic E-state index is 10.6. The molecule has 7 nitrogen and oxygen atoms in total. The van der Waals surface area contributed by atoms with Crippen molar-refractivity contribution in [1.29, 1.82) is 0 Å². The number of carbonyl (C=O) groups excluding carboxylic acids is 1. The highest BCUT2D eigenvalue weighted by Crippen LogP contribution is 2.22. The monoisotopic (exact) mass is 291 g/mol. The third-order valence-corrected chi connectivity index (χ3v) is 2.66. The molecule has 0 bridgehead atoms. The van der Waals surface area contributed by atoms with Crippen molar-refractivity contribution in [3.05, 3.63) is 36.3 Å². The third kappa shape index (κ3) is 4.03. The van der Waals surface area contributed by atoms with E-state index >= 15 is 0 Å². The number of rotatable bonds is 6. The molecule has 7 heteroatoms. The zero-order valence-electron chi connectivity index (χ0n) is 11.9. The van der Waals surface area contributed by atoms with Gasteiger partial charge in [-0.1, -0.05) is 0 Å². The maximum Gasteiger partial charge on any atom is 0.302 e. The Morgan fingerprint density at radius 1 is 1.43 bits per heavy atom. The molecule has 0 saturated carbocycles. The molecule has 0 amide bonds. The van der Waals surface area contributed by atoms with Crippen LogP contribution in [0, 0.1) is 0 Å². The predicted octanol–water partition coefficient (Wildman–Crippen LogP) is 1.26. The highest BCUT2D eigenvalue weighted by Gasteiger charge is 2.13. The summed E-state index contributed by atoms with van der Waals surface area (Å²) in [5.74, 6) is -0.000725. The molecule has 2 aromatic rings. The van der Waals surface area contributed by atoms with E-state index in [0.29, 0.717) is 17.3 Å². The van der Waals surface area contributed by atoms with Gasteiger partial charge in [-0.15, -0.1) is 0 Å². The summed E-state index contributed by atoms with van der Waals surface area (Å²) in [6.45, 7) is 3.32. The van der Waals surface area contributed by atoms with Gasteiger partial charge in [0.15, 0.2) is 0 Å². The van der Waals surface area contributed by atoms with Gasteiger partial charge in [0.2, 0.25) is 5.88 Å². The fourth-order valence-corrected chi connectivity index (χ4v) is 1.77. The summed E-state index contributed by atoms with van der Waals surface area (Å²) in [5, 5.41) is 14.0. The van der Waals surface area contributed by atoms with E-state index in [1.165, 1.54) is 6.92 Å². The van der Waals surface area contributed by atoms with Crippen LogP contribution in [0.5, 0.6) is 5.88 Å². The van der Waals surface area contributed by atoms with Crippen LogP contribution in [0.15, 0.2) is 30.6 Å². The quantitative estimate of drug-likeness (QED) is 0.637. The Labute approximate surface area is 122 Å². The minimum Gasteiger partial charge on any atom is -0.474 e. The van der Waals surface area contributed by atoms with Crippen LogP contribution in [-0.2, 0) is 9.53 Å². The number of nitrogens with zero attached hydrogens (tertiary/aromatic N) is 3. The van der Waals surface area contributed by atoms with E-state index in [9.17, 15) is 9.90 Å². The number of esters is 1. The number of ether oxygens (including phenoxy) is 2. The molecule has 112 valence electrons. The zero-order valence-corrected chi connectivity index (χ0v) is 11.9. The lowest BCUT2D eigenvalue weighted by molar-refractivity contribution is -0.141. The molecule has 2 rings (SSSR count). The molecule has 1 N–H and O–H groups in total. The predicted molar refractivity (Wildman–Crippen MR) is 74.1 cm³/mol. The van der Waals surface area contributed by atoms with Crippen molar-refractivity contribution in [2.24, 2.45) is 0 Å². The van der Waals surface area contributed by atoms with Crippen LogP contribution in [0.4, 0.5) is 0 Å². The van der Waals surface area contributed by atoms with Gasteiger partial charge in [-0.2, -0.15) is 5.10 Å². The Kier molecular flexibility index (Phi) is 4.89. The third-order valence-electron chi connectivity index (χ3n) is 2.66. The molecule has 2 aromatic heterocycles. The normalized spacial score (nSPS) is 12.0. The van der Waals surface area contributed by atoms with Crippen molar-refractivity contribution < 1.29 is 19.4 Å². The average molecular weight is 291 g/mol. The first-order chi connectivity index (χ1) is 10.1. The van der Waals surface area contributed by atoms with Gasteiger partial charge in [-0.25, -0.2) is 9.67 Å². The standard InChI is InChI=1S/C14H17N3O4/c1-10(18)14-12(17-7-3-6-15-17)4-5-13(16-14)21-9-8-20-11(2)19/h3-7,10,18H,8-9H2,1-2H3/t10-/m1/s1. The van der Waals surface area contributed by atoms with Gasteiger partial charge in [0.1, 0.15) is 13.2 Å². The van der Waals surface area contributed by atoms with E-state index < -0.39 is 6.10 Å². The van der Waals surface area contributed by atoms with Crippen LogP contribution in [0.3, 0.4) is 0 Å². The lowest BCUT2D eigenvalue weighted by atomic mass is 10.2. The summed E-state index contributed by atoms with van der Waals surface area (Å²) in [6.07, 6.45) is 2.65. The number of aliphatic hydroxyl groups is 1. The number of hydrogen-bond donors (Lipinski definition) is 1. The lowest BCUT2D eigenvalue weighted by Gasteiger charge is -2.13. The van der Waals surface area contributed by atoms with Crippen molar-refractivity contribution in [3.8, 4) is 11.6 Å². The van der Waals surface area contributed by atoms with Gasteiger partial charge in [0, 0.05) is 25.4 Å². The van der Waals surface area contributed by atoms with Crippen LogP contribution in [0.2, 0.25) is 0 Å². The van der Waals surface area contributed by atoms with E-state index in [0.717, 1.165) is 0 Å². The highest BCUT2D eigenvalue weighted by molar-refractivity contribution is 5.65. The molecule has 0 aliphatic carbocycles. The Hall–Kier alpha value is -2.41. The van der Waals surface area contributed by atoms with E-state index in [-0.39, 0.29) is 19.2 Å². The van der Waals surface area contributed by atoms with Gasteiger partial charge in [0.05, 0.1) is 17.5 Å². The fraction of sp³-hybridized carbons (Fsp3) is 0.357. The van der Waals surface area contributed by atoms with Crippen molar-refractivity contribution in [1.82, 2.24) is 14.8 Å². The first-order valence-corrected chi connectivity index (χ1v) is 6.53. The van der Waals surface area contributed by atoms with E-state index in [1.807, 2.05) is 0 Å².